The molecular weight excluding hydrogens is 231 g/mol. The van der Waals surface area contributed by atoms with Crippen molar-refractivity contribution in [2.75, 3.05) is 0 Å². The molecule has 1 fully saturated rings. The quantitative estimate of drug-likeness (QED) is 0.691. The van der Waals surface area contributed by atoms with Crippen molar-refractivity contribution in [1.82, 2.24) is 0 Å². The lowest BCUT2D eigenvalue weighted by atomic mass is 9.97. The van der Waals surface area contributed by atoms with E-state index in [1.165, 1.54) is 12.8 Å². The molecule has 2 rings (SSSR count). The van der Waals surface area contributed by atoms with Crippen LogP contribution in [0.5, 0.6) is 0 Å². The van der Waals surface area contributed by atoms with Crippen LogP contribution in [0.1, 0.15) is 37.2 Å². The number of hydrogen-bond acceptors (Lipinski definition) is 0. The Morgan fingerprint density at radius 3 is 2.54 bits per heavy atom. The second-order valence-electron chi connectivity index (χ2n) is 3.65. The van der Waals surface area contributed by atoms with Gasteiger partial charge < -0.3 is 0 Å². The van der Waals surface area contributed by atoms with Crippen LogP contribution in [-0.2, 0) is 0 Å². The van der Waals surface area contributed by atoms with Crippen LogP contribution in [0.15, 0.2) is 22.7 Å². The Kier molecular flexibility index (Phi) is 2.68. The van der Waals surface area contributed by atoms with Crippen LogP contribution in [0.3, 0.4) is 0 Å². The van der Waals surface area contributed by atoms with Crippen molar-refractivity contribution in [1.29, 1.82) is 0 Å². The highest BCUT2D eigenvalue weighted by molar-refractivity contribution is 9.10. The Balaban J connectivity index is 2.29. The van der Waals surface area contributed by atoms with Crippen LogP contribution in [0.2, 0.25) is 0 Å². The predicted molar refractivity (Wildman–Crippen MR) is 55.3 cm³/mol. The first kappa shape index (κ1) is 9.20. The molecule has 0 saturated heterocycles. The van der Waals surface area contributed by atoms with E-state index in [9.17, 15) is 4.39 Å². The third-order valence-corrected chi connectivity index (χ3v) is 3.25. The van der Waals surface area contributed by atoms with Gasteiger partial charge in [-0.2, -0.15) is 0 Å². The van der Waals surface area contributed by atoms with Gasteiger partial charge in [-0.15, -0.1) is 0 Å². The SMILES string of the molecule is Fc1cc(Br)ccc1C1CCCC1. The van der Waals surface area contributed by atoms with Gasteiger partial charge in [-0.1, -0.05) is 34.8 Å². The Morgan fingerprint density at radius 1 is 1.23 bits per heavy atom. The molecule has 0 radical (unpaired) electrons. The maximum atomic E-state index is 13.5. The van der Waals surface area contributed by atoms with E-state index in [1.807, 2.05) is 12.1 Å². The lowest BCUT2D eigenvalue weighted by Gasteiger charge is -2.10. The van der Waals surface area contributed by atoms with Gasteiger partial charge in [0.15, 0.2) is 0 Å². The smallest absolute Gasteiger partial charge is 0.127 e. The lowest BCUT2D eigenvalue weighted by molar-refractivity contribution is 0.579. The first-order valence-corrected chi connectivity index (χ1v) is 5.51. The molecule has 13 heavy (non-hydrogen) atoms. The monoisotopic (exact) mass is 242 g/mol. The second-order valence-corrected chi connectivity index (χ2v) is 4.56. The molecule has 1 aliphatic rings. The Bertz CT molecular complexity index is 303. The fourth-order valence-corrected chi connectivity index (χ4v) is 2.40. The van der Waals surface area contributed by atoms with E-state index < -0.39 is 0 Å². The minimum Gasteiger partial charge on any atom is -0.207 e. The van der Waals surface area contributed by atoms with Crippen molar-refractivity contribution in [2.45, 2.75) is 31.6 Å². The number of rotatable bonds is 1. The fourth-order valence-electron chi connectivity index (χ4n) is 2.07. The summed E-state index contributed by atoms with van der Waals surface area (Å²) in [4.78, 5) is 0. The molecule has 1 saturated carbocycles. The summed E-state index contributed by atoms with van der Waals surface area (Å²) in [5, 5.41) is 0. The summed E-state index contributed by atoms with van der Waals surface area (Å²) in [6.07, 6.45) is 4.80. The summed E-state index contributed by atoms with van der Waals surface area (Å²) in [7, 11) is 0. The largest absolute Gasteiger partial charge is 0.207 e. The zero-order valence-electron chi connectivity index (χ0n) is 7.39. The van der Waals surface area contributed by atoms with Crippen molar-refractivity contribution in [3.8, 4) is 0 Å². The van der Waals surface area contributed by atoms with Gasteiger partial charge in [0.25, 0.3) is 0 Å². The third-order valence-electron chi connectivity index (χ3n) is 2.76. The summed E-state index contributed by atoms with van der Waals surface area (Å²) in [6.45, 7) is 0. The zero-order chi connectivity index (χ0) is 9.26. The van der Waals surface area contributed by atoms with Crippen molar-refractivity contribution < 1.29 is 4.39 Å². The first-order valence-electron chi connectivity index (χ1n) is 4.72. The predicted octanol–water partition coefficient (Wildman–Crippen LogP) is 4.25. The fraction of sp³-hybridized carbons (Fsp3) is 0.455. The molecular formula is C11H12BrF. The van der Waals surface area contributed by atoms with E-state index in [-0.39, 0.29) is 5.82 Å². The number of benzene rings is 1. The third kappa shape index (κ3) is 1.93. The molecule has 1 aromatic rings. The molecule has 0 unspecified atom stereocenters. The normalized spacial score (nSPS) is 18.0. The Hall–Kier alpha value is -0.370. The van der Waals surface area contributed by atoms with Crippen molar-refractivity contribution in [3.05, 3.63) is 34.1 Å². The summed E-state index contributed by atoms with van der Waals surface area (Å²) in [5.74, 6) is 0.411. The zero-order valence-corrected chi connectivity index (χ0v) is 8.98. The van der Waals surface area contributed by atoms with Crippen LogP contribution < -0.4 is 0 Å². The van der Waals surface area contributed by atoms with E-state index in [4.69, 9.17) is 0 Å². The maximum Gasteiger partial charge on any atom is 0.127 e. The van der Waals surface area contributed by atoms with Crippen molar-refractivity contribution >= 4 is 15.9 Å². The van der Waals surface area contributed by atoms with Crippen LogP contribution >= 0.6 is 15.9 Å². The minimum atomic E-state index is -0.0544. The van der Waals surface area contributed by atoms with E-state index in [0.717, 1.165) is 22.9 Å². The highest BCUT2D eigenvalue weighted by Gasteiger charge is 2.19. The van der Waals surface area contributed by atoms with Gasteiger partial charge in [-0.05, 0) is 36.5 Å². The molecule has 1 aromatic carbocycles. The standard InChI is InChI=1S/C11H12BrF/c12-9-5-6-10(11(13)7-9)8-3-1-2-4-8/h5-8H,1-4H2. The summed E-state index contributed by atoms with van der Waals surface area (Å²) >= 11 is 3.26. The average Bonchev–Trinajstić information content (AvgIpc) is 2.56. The van der Waals surface area contributed by atoms with Gasteiger partial charge in [0.2, 0.25) is 0 Å². The van der Waals surface area contributed by atoms with E-state index in [1.54, 1.807) is 6.07 Å². The summed E-state index contributed by atoms with van der Waals surface area (Å²) < 4.78 is 14.3. The van der Waals surface area contributed by atoms with Crippen LogP contribution in [0, 0.1) is 5.82 Å². The number of hydrogen-bond donors (Lipinski definition) is 0. The molecule has 0 N–H and O–H groups in total. The average molecular weight is 243 g/mol. The van der Waals surface area contributed by atoms with E-state index >= 15 is 0 Å². The molecule has 0 nitrogen and oxygen atoms in total. The van der Waals surface area contributed by atoms with E-state index in [2.05, 4.69) is 15.9 Å². The van der Waals surface area contributed by atoms with Crippen molar-refractivity contribution in [3.63, 3.8) is 0 Å². The maximum absolute atomic E-state index is 13.5. The minimum absolute atomic E-state index is 0.0544. The second kappa shape index (κ2) is 3.79. The molecule has 0 heterocycles. The lowest BCUT2D eigenvalue weighted by Crippen LogP contribution is -1.95. The molecule has 0 bridgehead atoms. The summed E-state index contributed by atoms with van der Waals surface area (Å²) in [5.41, 5.74) is 0.903. The van der Waals surface area contributed by atoms with E-state index in [0.29, 0.717) is 5.92 Å². The number of halogens is 2. The highest BCUT2D eigenvalue weighted by Crippen LogP contribution is 2.35. The topological polar surface area (TPSA) is 0 Å². The van der Waals surface area contributed by atoms with Gasteiger partial charge in [0.05, 0.1) is 0 Å². The highest BCUT2D eigenvalue weighted by atomic mass is 79.9. The molecule has 0 atom stereocenters. The van der Waals surface area contributed by atoms with Gasteiger partial charge in [-0.3, -0.25) is 0 Å². The van der Waals surface area contributed by atoms with Crippen LogP contribution in [0.4, 0.5) is 4.39 Å². The van der Waals surface area contributed by atoms with Gasteiger partial charge >= 0.3 is 0 Å². The molecule has 1 aliphatic carbocycles. The van der Waals surface area contributed by atoms with Crippen molar-refractivity contribution in [2.24, 2.45) is 0 Å². The molecule has 0 amide bonds. The molecule has 0 aromatic heterocycles. The molecule has 0 spiro atoms. The Labute approximate surface area is 86.3 Å². The van der Waals surface area contributed by atoms with Crippen LogP contribution in [-0.4, -0.2) is 0 Å². The Morgan fingerprint density at radius 2 is 1.92 bits per heavy atom. The van der Waals surface area contributed by atoms with Crippen LogP contribution in [0.25, 0.3) is 0 Å². The molecule has 70 valence electrons. The molecule has 0 aliphatic heterocycles. The van der Waals surface area contributed by atoms with Gasteiger partial charge in [0.1, 0.15) is 5.82 Å². The molecule has 2 heteroatoms. The first-order chi connectivity index (χ1) is 6.27. The van der Waals surface area contributed by atoms with Gasteiger partial charge in [0, 0.05) is 4.47 Å². The van der Waals surface area contributed by atoms with Gasteiger partial charge in [-0.25, -0.2) is 4.39 Å². The summed E-state index contributed by atoms with van der Waals surface area (Å²) in [6, 6.07) is 5.40.